The van der Waals surface area contributed by atoms with Crippen LogP contribution in [0.3, 0.4) is 0 Å². The van der Waals surface area contributed by atoms with Crippen LogP contribution in [0.5, 0.6) is 17.2 Å². The quantitative estimate of drug-likeness (QED) is 0.129. The van der Waals surface area contributed by atoms with Crippen molar-refractivity contribution in [2.45, 2.75) is 196 Å². The lowest BCUT2D eigenvalue weighted by Crippen LogP contribution is -2.54. The molecule has 1 fully saturated rings. The molecule has 1 aliphatic rings. The zero-order valence-corrected chi connectivity index (χ0v) is 42.9. The topological polar surface area (TPSA) is 98.1 Å². The third kappa shape index (κ3) is 14.7. The van der Waals surface area contributed by atoms with Crippen molar-refractivity contribution in [3.8, 4) is 17.2 Å². The number of hydrogen-bond acceptors (Lipinski definition) is 9. The normalized spacial score (nSPS) is 15.7. The van der Waals surface area contributed by atoms with Crippen molar-refractivity contribution in [3.05, 3.63) is 86.5 Å². The van der Waals surface area contributed by atoms with Crippen molar-refractivity contribution in [2.75, 3.05) is 39.8 Å². The highest BCUT2D eigenvalue weighted by Gasteiger charge is 2.30. The van der Waals surface area contributed by atoms with Gasteiger partial charge in [-0.05, 0) is 121 Å². The third-order valence-electron chi connectivity index (χ3n) is 12.0. The Labute approximate surface area is 383 Å². The summed E-state index contributed by atoms with van der Waals surface area (Å²) in [5, 5.41) is 39.5. The first-order valence-electron chi connectivity index (χ1n) is 23.5. The molecule has 0 atom stereocenters. The van der Waals surface area contributed by atoms with Gasteiger partial charge < -0.3 is 15.3 Å². The molecule has 4 rings (SSSR count). The lowest BCUT2D eigenvalue weighted by atomic mass is 9.78. The molecule has 3 aromatic rings. The Hall–Kier alpha value is -3.18. The summed E-state index contributed by atoms with van der Waals surface area (Å²) in [5.41, 5.74) is 8.41. The molecule has 1 saturated heterocycles. The Balaban J connectivity index is 1.45. The van der Waals surface area contributed by atoms with Crippen molar-refractivity contribution < 1.29 is 29.8 Å². The second-order valence-corrected chi connectivity index (χ2v) is 24.3. The van der Waals surface area contributed by atoms with Gasteiger partial charge in [-0.3, -0.25) is 14.5 Å². The van der Waals surface area contributed by atoms with Crippen LogP contribution in [0.1, 0.15) is 194 Å². The van der Waals surface area contributed by atoms with E-state index in [0.29, 0.717) is 57.1 Å². The highest BCUT2D eigenvalue weighted by atomic mass is 16.8. The molecule has 3 N–H and O–H groups in total. The van der Waals surface area contributed by atoms with E-state index in [1.807, 2.05) is 15.2 Å². The summed E-state index contributed by atoms with van der Waals surface area (Å²) in [6.45, 7) is 41.7. The van der Waals surface area contributed by atoms with Gasteiger partial charge in [0.15, 0.2) is 0 Å². The van der Waals surface area contributed by atoms with Crippen LogP contribution < -0.4 is 0 Å². The molecule has 9 nitrogen and oxygen atoms in total. The molecule has 354 valence electrons. The largest absolute Gasteiger partial charge is 0.507 e. The van der Waals surface area contributed by atoms with Crippen LogP contribution in [-0.2, 0) is 66.3 Å². The van der Waals surface area contributed by atoms with Crippen LogP contribution in [0.25, 0.3) is 0 Å². The van der Waals surface area contributed by atoms with Gasteiger partial charge in [0.25, 0.3) is 0 Å². The minimum Gasteiger partial charge on any atom is -0.507 e. The molecule has 0 spiro atoms. The number of hydrogen-bond donors (Lipinski definition) is 3. The van der Waals surface area contributed by atoms with Gasteiger partial charge in [0, 0.05) is 0 Å². The molecule has 0 radical (unpaired) electrons. The molecule has 0 bridgehead atoms. The molecule has 0 unspecified atom stereocenters. The van der Waals surface area contributed by atoms with E-state index in [0.717, 1.165) is 71.9 Å². The van der Waals surface area contributed by atoms with E-state index < -0.39 is 0 Å². The monoisotopic (exact) mass is 874 g/mol. The predicted molar refractivity (Wildman–Crippen MR) is 259 cm³/mol. The maximum atomic E-state index is 11.2. The van der Waals surface area contributed by atoms with Crippen LogP contribution in [0.15, 0.2) is 36.4 Å². The van der Waals surface area contributed by atoms with E-state index in [1.54, 1.807) is 0 Å². The molecule has 0 aliphatic carbocycles. The average Bonchev–Trinajstić information content (AvgIpc) is 3.12. The SMILES string of the molecule is CC(C)(C)c1cc(CCCON2CN(OCCCc3cc(C(C)(C)C)c(O)c(C(C)(C)C)c3)CN(OCCCc3cc(C(C)(C)C)c(O)c(C(C)(C)C)c3)C2)cc(C(C)(C)C)c1O. The van der Waals surface area contributed by atoms with E-state index in [4.69, 9.17) is 14.5 Å². The zero-order chi connectivity index (χ0) is 47.5. The third-order valence-corrected chi connectivity index (χ3v) is 12.0. The van der Waals surface area contributed by atoms with Crippen molar-refractivity contribution >= 4 is 0 Å². The molecule has 1 heterocycles. The van der Waals surface area contributed by atoms with Crippen LogP contribution in [-0.4, -0.2) is 70.3 Å². The number of aromatic hydroxyl groups is 3. The van der Waals surface area contributed by atoms with E-state index in [-0.39, 0.29) is 32.5 Å². The summed E-state index contributed by atoms with van der Waals surface area (Å²) in [6.07, 6.45) is 4.94. The van der Waals surface area contributed by atoms with Gasteiger partial charge in [0.1, 0.15) is 37.3 Å². The van der Waals surface area contributed by atoms with Gasteiger partial charge in [-0.25, -0.2) is 0 Å². The Kier molecular flexibility index (Phi) is 16.8. The van der Waals surface area contributed by atoms with Crippen molar-refractivity contribution in [1.82, 2.24) is 15.2 Å². The molecule has 0 aromatic heterocycles. The number of phenols is 3. The molecule has 0 saturated carbocycles. The summed E-state index contributed by atoms with van der Waals surface area (Å²) < 4.78 is 0. The fraction of sp³-hybridized carbons (Fsp3) is 0.667. The van der Waals surface area contributed by atoms with E-state index in [1.165, 1.54) is 16.7 Å². The summed E-state index contributed by atoms with van der Waals surface area (Å²) in [6, 6.07) is 13.0. The van der Waals surface area contributed by atoms with Gasteiger partial charge in [-0.2, -0.15) is 15.2 Å². The average molecular weight is 874 g/mol. The highest BCUT2D eigenvalue weighted by Crippen LogP contribution is 2.43. The molecular weight excluding hydrogens is 787 g/mol. The molecule has 3 aromatic carbocycles. The maximum absolute atomic E-state index is 11.2. The summed E-state index contributed by atoms with van der Waals surface area (Å²) in [5.74, 6) is 1.22. The summed E-state index contributed by atoms with van der Waals surface area (Å²) >= 11 is 0. The first-order chi connectivity index (χ1) is 28.8. The van der Waals surface area contributed by atoms with Crippen LogP contribution in [0, 0.1) is 0 Å². The smallest absolute Gasteiger partial charge is 0.123 e. The van der Waals surface area contributed by atoms with Gasteiger partial charge in [0.05, 0.1) is 19.8 Å². The summed E-state index contributed by atoms with van der Waals surface area (Å²) in [7, 11) is 0. The van der Waals surface area contributed by atoms with Crippen LogP contribution >= 0.6 is 0 Å². The number of rotatable bonds is 15. The van der Waals surface area contributed by atoms with Crippen molar-refractivity contribution in [2.24, 2.45) is 0 Å². The fourth-order valence-electron chi connectivity index (χ4n) is 8.26. The second kappa shape index (κ2) is 20.1. The van der Waals surface area contributed by atoms with E-state index in [9.17, 15) is 15.3 Å². The number of hydroxylamine groups is 6. The summed E-state index contributed by atoms with van der Waals surface area (Å²) in [4.78, 5) is 19.3. The van der Waals surface area contributed by atoms with Gasteiger partial charge >= 0.3 is 0 Å². The first-order valence-corrected chi connectivity index (χ1v) is 23.5. The lowest BCUT2D eigenvalue weighted by molar-refractivity contribution is -0.365. The van der Waals surface area contributed by atoms with Crippen LogP contribution in [0.4, 0.5) is 0 Å². The zero-order valence-electron chi connectivity index (χ0n) is 42.9. The van der Waals surface area contributed by atoms with Crippen LogP contribution in [0.2, 0.25) is 0 Å². The van der Waals surface area contributed by atoms with E-state index in [2.05, 4.69) is 161 Å². The Morgan fingerprint density at radius 1 is 0.349 bits per heavy atom. The second-order valence-electron chi connectivity index (χ2n) is 24.3. The molecule has 9 heteroatoms. The molecular formula is C54H87N3O6. The molecule has 0 amide bonds. The minimum absolute atomic E-state index is 0.180. The van der Waals surface area contributed by atoms with Gasteiger partial charge in [-0.15, -0.1) is 0 Å². The number of nitrogens with zero attached hydrogens (tertiary/aromatic N) is 3. The number of aryl methyl sites for hydroxylation is 3. The standard InChI is InChI=1S/C54H87N3O6/c1-49(2,3)40-28-37(29-41(46(40)58)50(4,5)6)22-19-25-61-55-34-56(62-26-20-23-38-30-42(51(7,8)9)47(59)43(31-38)52(10,11)12)36-57(35-55)63-27-21-24-39-32-44(53(13,14)15)48(60)45(33-39)54(16,17)18/h28-33,58-60H,19-27,34-36H2,1-18H3. The Morgan fingerprint density at radius 2 is 0.524 bits per heavy atom. The van der Waals surface area contributed by atoms with Crippen molar-refractivity contribution in [3.63, 3.8) is 0 Å². The fourth-order valence-corrected chi connectivity index (χ4v) is 8.26. The lowest BCUT2D eigenvalue weighted by Gasteiger charge is -2.39. The maximum Gasteiger partial charge on any atom is 0.123 e. The van der Waals surface area contributed by atoms with E-state index >= 15 is 0 Å². The Bertz CT molecular complexity index is 1640. The first kappa shape index (κ1) is 52.4. The molecule has 63 heavy (non-hydrogen) atoms. The van der Waals surface area contributed by atoms with Gasteiger partial charge in [-0.1, -0.05) is 161 Å². The van der Waals surface area contributed by atoms with Gasteiger partial charge in [0.2, 0.25) is 0 Å². The molecule has 1 aliphatic heterocycles. The number of benzene rings is 3. The van der Waals surface area contributed by atoms with Crippen molar-refractivity contribution in [1.29, 1.82) is 0 Å². The minimum atomic E-state index is -0.180. The number of phenolic OH excluding ortho intramolecular Hbond substituents is 3. The Morgan fingerprint density at radius 3 is 0.683 bits per heavy atom. The predicted octanol–water partition coefficient (Wildman–Crippen LogP) is 12.4. The highest BCUT2D eigenvalue weighted by molar-refractivity contribution is 5.52.